The molecule has 37 heavy (non-hydrogen) atoms. The first-order valence-corrected chi connectivity index (χ1v) is 12.3. The van der Waals surface area contributed by atoms with Gasteiger partial charge in [0, 0.05) is 24.7 Å². The summed E-state index contributed by atoms with van der Waals surface area (Å²) in [5, 5.41) is 6.65. The molecule has 0 spiro atoms. The number of fused-ring (bicyclic) bond motifs is 1. The number of aromatic nitrogens is 3. The van der Waals surface area contributed by atoms with Crippen LogP contribution in [0.5, 0.6) is 5.88 Å². The topological polar surface area (TPSA) is 72.0 Å². The molecule has 2 N–H and O–H groups in total. The molecule has 3 heterocycles. The highest BCUT2D eigenvalue weighted by molar-refractivity contribution is 14.1. The van der Waals surface area contributed by atoms with Crippen molar-refractivity contribution in [1.82, 2.24) is 15.0 Å². The highest BCUT2D eigenvalue weighted by atomic mass is 127. The molecule has 13 heteroatoms. The number of hydrogen-bond acceptors (Lipinski definition) is 6. The molecule has 0 saturated carbocycles. The predicted octanol–water partition coefficient (Wildman–Crippen LogP) is 6.86. The van der Waals surface area contributed by atoms with Crippen LogP contribution in [0.1, 0.15) is 53.9 Å². The summed E-state index contributed by atoms with van der Waals surface area (Å²) in [5.74, 6) is 0.618. The maximum Gasteiger partial charge on any atom is 0.416 e. The lowest BCUT2D eigenvalue weighted by molar-refractivity contribution is -0.143. The van der Waals surface area contributed by atoms with Gasteiger partial charge >= 0.3 is 12.4 Å². The predicted molar refractivity (Wildman–Crippen MR) is 133 cm³/mol. The molecule has 0 saturated heterocycles. The van der Waals surface area contributed by atoms with Gasteiger partial charge in [0.1, 0.15) is 0 Å². The Morgan fingerprint density at radius 1 is 1.05 bits per heavy atom. The number of halogens is 7. The van der Waals surface area contributed by atoms with Gasteiger partial charge < -0.3 is 15.4 Å². The summed E-state index contributed by atoms with van der Waals surface area (Å²) in [7, 11) is 1.51. The van der Waals surface area contributed by atoms with Crippen LogP contribution >= 0.6 is 22.6 Å². The van der Waals surface area contributed by atoms with Gasteiger partial charge in [-0.1, -0.05) is 6.92 Å². The second kappa shape index (κ2) is 10.5. The summed E-state index contributed by atoms with van der Waals surface area (Å²) in [5.41, 5.74) is -1.07. The van der Waals surface area contributed by atoms with E-state index in [2.05, 4.69) is 25.6 Å². The molecule has 2 atom stereocenters. The number of hydrogen-bond donors (Lipinski definition) is 2. The van der Waals surface area contributed by atoms with Crippen molar-refractivity contribution in [2.24, 2.45) is 0 Å². The number of pyridine rings is 1. The number of benzene rings is 1. The van der Waals surface area contributed by atoms with E-state index in [0.717, 1.165) is 12.1 Å². The zero-order valence-corrected chi connectivity index (χ0v) is 21.8. The second-order valence-corrected chi connectivity index (χ2v) is 9.71. The number of nitrogens with zero attached hydrogens (tertiary/aromatic N) is 3. The Kier molecular flexibility index (Phi) is 7.72. The van der Waals surface area contributed by atoms with E-state index in [0.29, 0.717) is 39.4 Å². The Bertz CT molecular complexity index is 1250. The molecular weight excluding hydrogens is 615 g/mol. The van der Waals surface area contributed by atoms with Crippen LogP contribution < -0.4 is 15.4 Å². The van der Waals surface area contributed by atoms with Crippen molar-refractivity contribution < 1.29 is 31.1 Å². The lowest BCUT2D eigenvalue weighted by atomic mass is 9.95. The van der Waals surface area contributed by atoms with Crippen LogP contribution in [0, 0.1) is 3.57 Å². The fourth-order valence-corrected chi connectivity index (χ4v) is 4.55. The highest BCUT2D eigenvalue weighted by Crippen LogP contribution is 2.38. The van der Waals surface area contributed by atoms with E-state index in [4.69, 9.17) is 4.74 Å². The van der Waals surface area contributed by atoms with Gasteiger partial charge in [-0.2, -0.15) is 26.3 Å². The molecule has 6 nitrogen and oxygen atoms in total. The minimum Gasteiger partial charge on any atom is -0.481 e. The molecule has 0 aliphatic carbocycles. The molecule has 0 bridgehead atoms. The van der Waals surface area contributed by atoms with E-state index in [1.165, 1.54) is 13.3 Å². The quantitative estimate of drug-likeness (QED) is 0.228. The molecule has 2 aromatic heterocycles. The Hall–Kier alpha value is -2.84. The zero-order chi connectivity index (χ0) is 27.0. The third kappa shape index (κ3) is 6.36. The largest absolute Gasteiger partial charge is 0.481 e. The van der Waals surface area contributed by atoms with Crippen LogP contribution in [0.4, 0.5) is 38.0 Å². The van der Waals surface area contributed by atoms with E-state index in [-0.39, 0.29) is 36.1 Å². The second-order valence-electron chi connectivity index (χ2n) is 8.55. The normalized spacial score (nSPS) is 17.6. The van der Waals surface area contributed by atoms with Crippen LogP contribution in [-0.2, 0) is 18.8 Å². The van der Waals surface area contributed by atoms with Crippen LogP contribution in [0.25, 0.3) is 0 Å². The molecule has 1 aliphatic rings. The van der Waals surface area contributed by atoms with Crippen LogP contribution in [0.3, 0.4) is 0 Å². The maximum absolute atomic E-state index is 13.3. The summed E-state index contributed by atoms with van der Waals surface area (Å²) in [6.45, 7) is 2.04. The molecular formula is C24H22F6IN5O. The molecule has 0 fully saturated rings. The van der Waals surface area contributed by atoms with Crippen molar-refractivity contribution >= 4 is 34.2 Å². The van der Waals surface area contributed by atoms with Crippen molar-refractivity contribution in [3.8, 4) is 5.88 Å². The molecule has 0 amide bonds. The average Bonchev–Trinajstić information content (AvgIpc) is 2.84. The van der Waals surface area contributed by atoms with Crippen LogP contribution in [0.15, 0.2) is 36.5 Å². The minimum atomic E-state index is -4.92. The lowest BCUT2D eigenvalue weighted by Gasteiger charge is -2.32. The van der Waals surface area contributed by atoms with Crippen molar-refractivity contribution in [2.75, 3.05) is 17.7 Å². The van der Waals surface area contributed by atoms with Crippen molar-refractivity contribution in [1.29, 1.82) is 0 Å². The van der Waals surface area contributed by atoms with Gasteiger partial charge in [0.25, 0.3) is 0 Å². The van der Waals surface area contributed by atoms with E-state index >= 15 is 0 Å². The van der Waals surface area contributed by atoms with Crippen LogP contribution in [0.2, 0.25) is 0 Å². The summed E-state index contributed by atoms with van der Waals surface area (Å²) in [4.78, 5) is 13.3. The van der Waals surface area contributed by atoms with Gasteiger partial charge in [-0.05, 0) is 65.3 Å². The highest BCUT2D eigenvalue weighted by Gasteiger charge is 2.37. The molecule has 4 rings (SSSR count). The Morgan fingerprint density at radius 3 is 2.32 bits per heavy atom. The molecule has 3 aromatic rings. The monoisotopic (exact) mass is 637 g/mol. The third-order valence-corrected chi connectivity index (χ3v) is 6.85. The van der Waals surface area contributed by atoms with E-state index in [1.54, 1.807) is 6.07 Å². The fourth-order valence-electron chi connectivity index (χ4n) is 4.10. The van der Waals surface area contributed by atoms with Gasteiger partial charge in [-0.15, -0.1) is 0 Å². The molecule has 0 unspecified atom stereocenters. The first-order valence-electron chi connectivity index (χ1n) is 11.2. The van der Waals surface area contributed by atoms with Gasteiger partial charge in [-0.25, -0.2) is 15.0 Å². The van der Waals surface area contributed by atoms with Crippen molar-refractivity contribution in [2.45, 2.75) is 50.6 Å². The van der Waals surface area contributed by atoms with Gasteiger partial charge in [0.05, 0.1) is 44.9 Å². The van der Waals surface area contributed by atoms with Crippen molar-refractivity contribution in [3.05, 3.63) is 68.2 Å². The number of rotatable bonds is 6. The van der Waals surface area contributed by atoms with Gasteiger partial charge in [-0.3, -0.25) is 0 Å². The van der Waals surface area contributed by atoms with Crippen LogP contribution in [-0.4, -0.2) is 28.1 Å². The Morgan fingerprint density at radius 2 is 1.73 bits per heavy atom. The Labute approximate surface area is 222 Å². The Balaban J connectivity index is 1.65. The smallest absolute Gasteiger partial charge is 0.416 e. The molecule has 1 aromatic carbocycles. The third-order valence-electron chi connectivity index (χ3n) is 5.95. The summed E-state index contributed by atoms with van der Waals surface area (Å²) < 4.78 is 85.5. The lowest BCUT2D eigenvalue weighted by Crippen LogP contribution is -2.32. The number of ether oxygens (including phenoxy) is 1. The molecule has 0 radical (unpaired) electrons. The molecule has 1 aliphatic heterocycles. The van der Waals surface area contributed by atoms with E-state index in [9.17, 15) is 26.3 Å². The van der Waals surface area contributed by atoms with Gasteiger partial charge in [0.2, 0.25) is 11.8 Å². The first-order chi connectivity index (χ1) is 17.4. The van der Waals surface area contributed by atoms with Gasteiger partial charge in [0.15, 0.2) is 0 Å². The average molecular weight is 637 g/mol. The number of alkyl halides is 6. The molecule has 198 valence electrons. The number of methoxy groups -OCH3 is 1. The first kappa shape index (κ1) is 27.2. The summed E-state index contributed by atoms with van der Waals surface area (Å²) >= 11 is 1.91. The van der Waals surface area contributed by atoms with E-state index < -0.39 is 23.5 Å². The van der Waals surface area contributed by atoms with E-state index in [1.807, 2.05) is 35.6 Å². The standard InChI is InChI=1S/C24H22F6IN5O/c1-3-15-10-19(21-17(33-15)4-5-20(36-21)37-2)35-22-32-11-16(31)18(34-22)8-12-6-13(23(25,26)27)9-14(7-12)24(28,29)30/h4-7,9,11,15,19,33H,3,8,10H2,1-2H3,(H,32,34,35)/t15-,19+/m1/s1. The summed E-state index contributed by atoms with van der Waals surface area (Å²) in [6, 6.07) is 5.00. The zero-order valence-electron chi connectivity index (χ0n) is 19.6. The minimum absolute atomic E-state index is 0.113. The summed E-state index contributed by atoms with van der Waals surface area (Å²) in [6.07, 6.45) is -7.12. The van der Waals surface area contributed by atoms with Crippen molar-refractivity contribution in [3.63, 3.8) is 0 Å². The number of nitrogens with one attached hydrogen (secondary N) is 2. The SMILES string of the molecule is CC[C@@H]1C[C@H](Nc2ncc(I)c(Cc3cc(C(F)(F)F)cc(C(F)(F)F)c3)n2)c2nc(OC)ccc2N1. The number of anilines is 2. The maximum atomic E-state index is 13.3. The fraction of sp³-hybridized carbons (Fsp3) is 0.375.